The van der Waals surface area contributed by atoms with E-state index in [1.54, 1.807) is 0 Å². The van der Waals surface area contributed by atoms with Crippen LogP contribution < -0.4 is 5.32 Å². The van der Waals surface area contributed by atoms with Crippen molar-refractivity contribution in [3.63, 3.8) is 0 Å². The molecule has 0 spiro atoms. The molecule has 1 unspecified atom stereocenters. The fourth-order valence-corrected chi connectivity index (χ4v) is 2.31. The molecule has 3 atom stereocenters. The smallest absolute Gasteiger partial charge is 0.0693 e. The van der Waals surface area contributed by atoms with Crippen molar-refractivity contribution < 1.29 is 5.11 Å². The van der Waals surface area contributed by atoms with Crippen LogP contribution in [0.25, 0.3) is 0 Å². The lowest BCUT2D eigenvalue weighted by Gasteiger charge is -2.30. The Morgan fingerprint density at radius 2 is 2.06 bits per heavy atom. The third kappa shape index (κ3) is 4.40. The van der Waals surface area contributed by atoms with Gasteiger partial charge < -0.3 is 15.3 Å². The van der Waals surface area contributed by atoms with Crippen LogP contribution in [0.4, 0.5) is 0 Å². The van der Waals surface area contributed by atoms with E-state index in [-0.39, 0.29) is 6.10 Å². The molecule has 1 fully saturated rings. The van der Waals surface area contributed by atoms with Crippen molar-refractivity contribution in [3.05, 3.63) is 0 Å². The van der Waals surface area contributed by atoms with Crippen molar-refractivity contribution in [3.8, 4) is 0 Å². The minimum Gasteiger partial charge on any atom is -0.392 e. The zero-order valence-corrected chi connectivity index (χ0v) is 11.1. The Morgan fingerprint density at radius 1 is 1.38 bits per heavy atom. The molecule has 1 aliphatic rings. The first-order valence-electron chi connectivity index (χ1n) is 6.76. The fourth-order valence-electron chi connectivity index (χ4n) is 2.31. The molecular weight excluding hydrogens is 200 g/mol. The molecule has 0 heterocycles. The lowest BCUT2D eigenvalue weighted by atomic mass is 9.93. The lowest BCUT2D eigenvalue weighted by Crippen LogP contribution is -2.45. The van der Waals surface area contributed by atoms with Crippen LogP contribution in [0, 0.1) is 0 Å². The van der Waals surface area contributed by atoms with E-state index in [9.17, 15) is 5.11 Å². The maximum Gasteiger partial charge on any atom is 0.0693 e. The number of nitrogens with zero attached hydrogens (tertiary/aromatic N) is 1. The van der Waals surface area contributed by atoms with Crippen LogP contribution in [-0.2, 0) is 0 Å². The maximum absolute atomic E-state index is 9.81. The molecule has 2 N–H and O–H groups in total. The molecule has 3 heteroatoms. The standard InChI is InChI=1S/C13H28N2O/c1-4-11(2)15(3)10-9-14-12-7-5-6-8-13(12)16/h11-14,16H,4-10H2,1-3H3/t11?,12-,13-/m1/s1. The average molecular weight is 228 g/mol. The van der Waals surface area contributed by atoms with E-state index in [1.807, 2.05) is 0 Å². The number of aliphatic hydroxyl groups is 1. The Bertz CT molecular complexity index is 187. The van der Waals surface area contributed by atoms with Gasteiger partial charge in [-0.25, -0.2) is 0 Å². The molecule has 0 aromatic carbocycles. The molecule has 1 aliphatic carbocycles. The van der Waals surface area contributed by atoms with Crippen LogP contribution >= 0.6 is 0 Å². The molecule has 1 rings (SSSR count). The van der Waals surface area contributed by atoms with E-state index >= 15 is 0 Å². The summed E-state index contributed by atoms with van der Waals surface area (Å²) < 4.78 is 0. The molecule has 0 aromatic rings. The highest BCUT2D eigenvalue weighted by Gasteiger charge is 2.22. The number of hydrogen-bond acceptors (Lipinski definition) is 3. The number of hydrogen-bond donors (Lipinski definition) is 2. The Balaban J connectivity index is 2.14. The summed E-state index contributed by atoms with van der Waals surface area (Å²) in [5, 5.41) is 13.3. The average Bonchev–Trinajstić information content (AvgIpc) is 2.30. The number of aliphatic hydroxyl groups excluding tert-OH is 1. The van der Waals surface area contributed by atoms with Crippen molar-refractivity contribution >= 4 is 0 Å². The summed E-state index contributed by atoms with van der Waals surface area (Å²) in [7, 11) is 2.17. The predicted octanol–water partition coefficient (Wildman–Crippen LogP) is 1.61. The van der Waals surface area contributed by atoms with Crippen LogP contribution in [0.15, 0.2) is 0 Å². The minimum atomic E-state index is -0.123. The summed E-state index contributed by atoms with van der Waals surface area (Å²) in [5.41, 5.74) is 0. The number of nitrogens with one attached hydrogen (secondary N) is 1. The Hall–Kier alpha value is -0.120. The zero-order chi connectivity index (χ0) is 12.0. The van der Waals surface area contributed by atoms with Gasteiger partial charge in [0.1, 0.15) is 0 Å². The predicted molar refractivity (Wildman–Crippen MR) is 68.6 cm³/mol. The molecule has 1 saturated carbocycles. The lowest BCUT2D eigenvalue weighted by molar-refractivity contribution is 0.0890. The van der Waals surface area contributed by atoms with Gasteiger partial charge in [-0.1, -0.05) is 19.8 Å². The zero-order valence-electron chi connectivity index (χ0n) is 11.1. The van der Waals surface area contributed by atoms with Crippen LogP contribution in [0.5, 0.6) is 0 Å². The third-order valence-electron chi connectivity index (χ3n) is 3.94. The minimum absolute atomic E-state index is 0.123. The SMILES string of the molecule is CCC(C)N(C)CCN[C@@H]1CCCC[C@H]1O. The molecule has 0 bridgehead atoms. The van der Waals surface area contributed by atoms with Gasteiger partial charge in [-0.15, -0.1) is 0 Å². The summed E-state index contributed by atoms with van der Waals surface area (Å²) in [5.74, 6) is 0. The van der Waals surface area contributed by atoms with Crippen molar-refractivity contribution in [1.29, 1.82) is 0 Å². The first-order chi connectivity index (χ1) is 7.65. The van der Waals surface area contributed by atoms with Crippen LogP contribution in [0.1, 0.15) is 46.0 Å². The van der Waals surface area contributed by atoms with Gasteiger partial charge in [-0.2, -0.15) is 0 Å². The largest absolute Gasteiger partial charge is 0.392 e. The van der Waals surface area contributed by atoms with E-state index < -0.39 is 0 Å². The number of rotatable bonds is 6. The van der Waals surface area contributed by atoms with Crippen molar-refractivity contribution in [2.75, 3.05) is 20.1 Å². The van der Waals surface area contributed by atoms with Gasteiger partial charge in [0.25, 0.3) is 0 Å². The summed E-state index contributed by atoms with van der Waals surface area (Å²) in [4.78, 5) is 2.38. The highest BCUT2D eigenvalue weighted by atomic mass is 16.3. The summed E-state index contributed by atoms with van der Waals surface area (Å²) >= 11 is 0. The molecular formula is C13H28N2O. The van der Waals surface area contributed by atoms with Crippen molar-refractivity contribution in [2.45, 2.75) is 64.1 Å². The molecule has 0 saturated heterocycles. The van der Waals surface area contributed by atoms with Crippen LogP contribution in [0.3, 0.4) is 0 Å². The quantitative estimate of drug-likeness (QED) is 0.725. The highest BCUT2D eigenvalue weighted by Crippen LogP contribution is 2.18. The first-order valence-corrected chi connectivity index (χ1v) is 6.76. The van der Waals surface area contributed by atoms with Crippen molar-refractivity contribution in [1.82, 2.24) is 10.2 Å². The second kappa shape index (κ2) is 7.25. The highest BCUT2D eigenvalue weighted by molar-refractivity contribution is 4.80. The Morgan fingerprint density at radius 3 is 2.69 bits per heavy atom. The molecule has 96 valence electrons. The summed E-state index contributed by atoms with van der Waals surface area (Å²) in [6.45, 7) is 6.54. The van der Waals surface area contributed by atoms with E-state index in [0.717, 1.165) is 25.9 Å². The molecule has 3 nitrogen and oxygen atoms in total. The molecule has 0 radical (unpaired) electrons. The topological polar surface area (TPSA) is 35.5 Å². The van der Waals surface area contributed by atoms with Crippen LogP contribution in [0.2, 0.25) is 0 Å². The number of likely N-dealkylation sites (N-methyl/N-ethyl adjacent to an activating group) is 1. The molecule has 16 heavy (non-hydrogen) atoms. The fraction of sp³-hybridized carbons (Fsp3) is 1.00. The maximum atomic E-state index is 9.81. The van der Waals surface area contributed by atoms with Gasteiger partial charge in [0.15, 0.2) is 0 Å². The Kier molecular flexibility index (Phi) is 6.32. The summed E-state index contributed by atoms with van der Waals surface area (Å²) in [6, 6.07) is 0.983. The second-order valence-electron chi connectivity index (χ2n) is 5.15. The second-order valence-corrected chi connectivity index (χ2v) is 5.15. The van der Waals surface area contributed by atoms with Crippen molar-refractivity contribution in [2.24, 2.45) is 0 Å². The molecule has 0 aliphatic heterocycles. The summed E-state index contributed by atoms with van der Waals surface area (Å²) in [6.07, 6.45) is 5.63. The third-order valence-corrected chi connectivity index (χ3v) is 3.94. The van der Waals surface area contributed by atoms with Gasteiger partial charge in [0.2, 0.25) is 0 Å². The first kappa shape index (κ1) is 13.9. The monoisotopic (exact) mass is 228 g/mol. The van der Waals surface area contributed by atoms with E-state index in [0.29, 0.717) is 12.1 Å². The van der Waals surface area contributed by atoms with Gasteiger partial charge in [0, 0.05) is 25.2 Å². The molecule has 0 amide bonds. The van der Waals surface area contributed by atoms with E-state index in [4.69, 9.17) is 0 Å². The molecule has 0 aromatic heterocycles. The Labute approximate surface area is 100 Å². The van der Waals surface area contributed by atoms with Gasteiger partial charge in [0.05, 0.1) is 6.10 Å². The van der Waals surface area contributed by atoms with Crippen LogP contribution in [-0.4, -0.2) is 48.3 Å². The van der Waals surface area contributed by atoms with Gasteiger partial charge in [-0.3, -0.25) is 0 Å². The van der Waals surface area contributed by atoms with E-state index in [2.05, 4.69) is 31.1 Å². The van der Waals surface area contributed by atoms with Gasteiger partial charge >= 0.3 is 0 Å². The van der Waals surface area contributed by atoms with Gasteiger partial charge in [-0.05, 0) is 33.2 Å². The van der Waals surface area contributed by atoms with E-state index in [1.165, 1.54) is 19.3 Å². The normalized spacial score (nSPS) is 28.3.